The highest BCUT2D eigenvalue weighted by atomic mass is 35.5. The fourth-order valence-electron chi connectivity index (χ4n) is 4.03. The molecule has 0 bridgehead atoms. The Morgan fingerprint density at radius 3 is 2.56 bits per heavy atom. The summed E-state index contributed by atoms with van der Waals surface area (Å²) in [5.74, 6) is 0.154. The highest BCUT2D eigenvalue weighted by Gasteiger charge is 2.39. The van der Waals surface area contributed by atoms with Crippen molar-refractivity contribution in [1.82, 2.24) is 0 Å². The molecular formula is C22H22Cl2N2O. The first-order chi connectivity index (χ1) is 12.7. The topological polar surface area (TPSA) is 41.1 Å². The van der Waals surface area contributed by atoms with Gasteiger partial charge in [-0.05, 0) is 54.2 Å². The van der Waals surface area contributed by atoms with Gasteiger partial charge in [-0.15, -0.1) is 0 Å². The summed E-state index contributed by atoms with van der Waals surface area (Å²) in [5, 5.41) is 8.23. The van der Waals surface area contributed by atoms with Crippen molar-refractivity contribution in [3.8, 4) is 0 Å². The number of fused-ring (bicyclic) bond motifs is 1. The second-order valence-corrected chi connectivity index (χ2v) is 9.09. The van der Waals surface area contributed by atoms with Crippen LogP contribution in [0.15, 0.2) is 47.7 Å². The maximum Gasteiger partial charge on any atom is 0.163 e. The van der Waals surface area contributed by atoms with Crippen molar-refractivity contribution in [3.63, 3.8) is 0 Å². The molecule has 2 aromatic carbocycles. The molecule has 0 amide bonds. The van der Waals surface area contributed by atoms with Crippen LogP contribution in [0.2, 0.25) is 10.0 Å². The number of carbonyl (C=O) groups is 1. The van der Waals surface area contributed by atoms with Gasteiger partial charge in [0.15, 0.2) is 5.78 Å². The zero-order chi connectivity index (χ0) is 19.3. The van der Waals surface area contributed by atoms with Crippen LogP contribution in [0.1, 0.15) is 43.9 Å². The van der Waals surface area contributed by atoms with E-state index in [-0.39, 0.29) is 17.2 Å². The first-order valence-electron chi connectivity index (χ1n) is 9.09. The van der Waals surface area contributed by atoms with Crippen LogP contribution in [0.4, 0.5) is 11.4 Å². The van der Waals surface area contributed by atoms with Gasteiger partial charge in [0.1, 0.15) is 0 Å². The van der Waals surface area contributed by atoms with Gasteiger partial charge in [0, 0.05) is 27.7 Å². The lowest BCUT2D eigenvalue weighted by molar-refractivity contribution is -0.118. The van der Waals surface area contributed by atoms with Crippen molar-refractivity contribution >= 4 is 40.4 Å². The fourth-order valence-corrected chi connectivity index (χ4v) is 4.54. The molecule has 1 aliphatic carbocycles. The van der Waals surface area contributed by atoms with E-state index in [0.29, 0.717) is 16.5 Å². The number of hydrogen-bond acceptors (Lipinski definition) is 3. The van der Waals surface area contributed by atoms with Gasteiger partial charge >= 0.3 is 0 Å². The summed E-state index contributed by atoms with van der Waals surface area (Å²) in [6.45, 7) is 6.32. The molecule has 1 unspecified atom stereocenters. The molecule has 5 heteroatoms. The van der Waals surface area contributed by atoms with Gasteiger partial charge in [-0.2, -0.15) is 0 Å². The minimum Gasteiger partial charge on any atom is -0.372 e. The molecule has 1 atom stereocenters. The van der Waals surface area contributed by atoms with Crippen LogP contribution in [-0.2, 0) is 4.79 Å². The number of carbonyl (C=O) groups excluding carboxylic acids is 1. The van der Waals surface area contributed by atoms with Crippen molar-refractivity contribution in [2.24, 2.45) is 5.41 Å². The molecule has 27 heavy (non-hydrogen) atoms. The predicted molar refractivity (Wildman–Crippen MR) is 113 cm³/mol. The standard InChI is InChI=1S/C22H22Cl2N2O/c1-12-4-7-16-17(8-12)26-21(14-6-5-13(23)9-15(14)24)20-18(25-16)10-22(2,3)11-19(20)27/h4-9,21,25-26H,10-11H2,1-3H3. The highest BCUT2D eigenvalue weighted by molar-refractivity contribution is 6.35. The van der Waals surface area contributed by atoms with E-state index in [2.05, 4.69) is 49.6 Å². The first-order valence-corrected chi connectivity index (χ1v) is 9.84. The normalized spacial score (nSPS) is 20.9. The lowest BCUT2D eigenvalue weighted by Gasteiger charge is -2.34. The van der Waals surface area contributed by atoms with E-state index in [1.165, 1.54) is 0 Å². The van der Waals surface area contributed by atoms with Crippen LogP contribution in [0.3, 0.4) is 0 Å². The van der Waals surface area contributed by atoms with Gasteiger partial charge in [-0.3, -0.25) is 4.79 Å². The van der Waals surface area contributed by atoms with Crippen LogP contribution in [0.25, 0.3) is 0 Å². The van der Waals surface area contributed by atoms with Gasteiger partial charge in [0.2, 0.25) is 0 Å². The van der Waals surface area contributed by atoms with Crippen LogP contribution in [0.5, 0.6) is 0 Å². The molecule has 2 N–H and O–H groups in total. The third kappa shape index (κ3) is 3.46. The quantitative estimate of drug-likeness (QED) is 0.571. The molecule has 0 spiro atoms. The maximum absolute atomic E-state index is 13.2. The van der Waals surface area contributed by atoms with Crippen molar-refractivity contribution < 1.29 is 4.79 Å². The number of ketones is 1. The Balaban J connectivity index is 1.92. The third-order valence-electron chi connectivity index (χ3n) is 5.24. The third-order valence-corrected chi connectivity index (χ3v) is 5.81. The largest absolute Gasteiger partial charge is 0.372 e. The maximum atomic E-state index is 13.2. The van der Waals surface area contributed by atoms with E-state index < -0.39 is 0 Å². The summed E-state index contributed by atoms with van der Waals surface area (Å²) in [6, 6.07) is 11.3. The minimum atomic E-state index is -0.316. The molecule has 2 aromatic rings. The van der Waals surface area contributed by atoms with E-state index in [9.17, 15) is 4.79 Å². The molecule has 0 aromatic heterocycles. The van der Waals surface area contributed by atoms with E-state index in [4.69, 9.17) is 23.2 Å². The molecule has 0 radical (unpaired) electrons. The summed E-state index contributed by atoms with van der Waals surface area (Å²) in [4.78, 5) is 13.2. The molecule has 4 rings (SSSR count). The lowest BCUT2D eigenvalue weighted by Crippen LogP contribution is -2.31. The number of rotatable bonds is 1. The van der Waals surface area contributed by atoms with E-state index in [1.807, 2.05) is 12.1 Å². The molecule has 3 nitrogen and oxygen atoms in total. The van der Waals surface area contributed by atoms with Gasteiger partial charge in [-0.1, -0.05) is 49.2 Å². The smallest absolute Gasteiger partial charge is 0.163 e. The fraction of sp³-hybridized carbons (Fsp3) is 0.318. The monoisotopic (exact) mass is 400 g/mol. The van der Waals surface area contributed by atoms with E-state index in [0.717, 1.165) is 40.2 Å². The van der Waals surface area contributed by atoms with Gasteiger partial charge in [0.25, 0.3) is 0 Å². The summed E-state index contributed by atoms with van der Waals surface area (Å²) >= 11 is 12.6. The van der Waals surface area contributed by atoms with Crippen molar-refractivity contribution in [3.05, 3.63) is 68.8 Å². The molecule has 0 saturated heterocycles. The Hall–Kier alpha value is -1.97. The Morgan fingerprint density at radius 2 is 1.81 bits per heavy atom. The van der Waals surface area contributed by atoms with Crippen LogP contribution < -0.4 is 10.6 Å². The first kappa shape index (κ1) is 18.4. The number of aryl methyl sites for hydroxylation is 1. The molecular weight excluding hydrogens is 379 g/mol. The summed E-state index contributed by atoms with van der Waals surface area (Å²) < 4.78 is 0. The molecule has 0 saturated carbocycles. The highest BCUT2D eigenvalue weighted by Crippen LogP contribution is 2.46. The number of allylic oxidation sites excluding steroid dienone is 1. The van der Waals surface area contributed by atoms with E-state index >= 15 is 0 Å². The van der Waals surface area contributed by atoms with Crippen molar-refractivity contribution in [2.75, 3.05) is 10.6 Å². The number of benzene rings is 2. The molecule has 0 fully saturated rings. The SMILES string of the molecule is Cc1ccc2c(c1)NC(c1ccc(Cl)cc1Cl)C1=C(CC(C)(C)CC1=O)N2. The Labute approximate surface area is 169 Å². The minimum absolute atomic E-state index is 0.0769. The van der Waals surface area contributed by atoms with Crippen LogP contribution in [-0.4, -0.2) is 5.78 Å². The average molecular weight is 401 g/mol. The van der Waals surface area contributed by atoms with Crippen molar-refractivity contribution in [1.29, 1.82) is 0 Å². The van der Waals surface area contributed by atoms with Crippen LogP contribution in [0, 0.1) is 12.3 Å². The molecule has 140 valence electrons. The predicted octanol–water partition coefficient (Wildman–Crippen LogP) is 6.52. The van der Waals surface area contributed by atoms with Crippen LogP contribution >= 0.6 is 23.2 Å². The summed E-state index contributed by atoms with van der Waals surface area (Å²) in [5.41, 5.74) is 5.62. The molecule has 1 heterocycles. The Morgan fingerprint density at radius 1 is 1.04 bits per heavy atom. The number of hydrogen-bond donors (Lipinski definition) is 2. The average Bonchev–Trinajstić information content (AvgIpc) is 2.69. The van der Waals surface area contributed by atoms with Gasteiger partial charge in [-0.25, -0.2) is 0 Å². The van der Waals surface area contributed by atoms with Crippen molar-refractivity contribution in [2.45, 2.75) is 39.7 Å². The van der Waals surface area contributed by atoms with E-state index in [1.54, 1.807) is 6.07 Å². The number of Topliss-reactive ketones (excluding diaryl/α,β-unsaturated/α-hetero) is 1. The van der Waals surface area contributed by atoms with Gasteiger partial charge in [0.05, 0.1) is 17.4 Å². The lowest BCUT2D eigenvalue weighted by atomic mass is 9.73. The van der Waals surface area contributed by atoms with Gasteiger partial charge < -0.3 is 10.6 Å². The zero-order valence-corrected chi connectivity index (χ0v) is 17.1. The second kappa shape index (κ2) is 6.57. The number of halogens is 2. The second-order valence-electron chi connectivity index (χ2n) is 8.25. The summed E-state index contributed by atoms with van der Waals surface area (Å²) in [6.07, 6.45) is 1.33. The Kier molecular flexibility index (Phi) is 4.48. The zero-order valence-electron chi connectivity index (χ0n) is 15.6. The number of nitrogens with one attached hydrogen (secondary N) is 2. The summed E-state index contributed by atoms with van der Waals surface area (Å²) in [7, 11) is 0. The molecule has 1 aliphatic heterocycles. The molecule has 2 aliphatic rings. The number of anilines is 2. The Bertz CT molecular complexity index is 978.